The van der Waals surface area contributed by atoms with E-state index in [-0.39, 0.29) is 0 Å². The zero-order chi connectivity index (χ0) is 14.7. The van der Waals surface area contributed by atoms with Crippen molar-refractivity contribution in [3.8, 4) is 0 Å². The number of benzene rings is 2. The van der Waals surface area contributed by atoms with Crippen LogP contribution in [0.4, 0.5) is 5.69 Å². The Bertz CT molecular complexity index is 584. The average Bonchev–Trinajstić information content (AvgIpc) is 2.41. The van der Waals surface area contributed by atoms with Crippen LogP contribution in [0, 0.1) is 0 Å². The van der Waals surface area contributed by atoms with Gasteiger partial charge in [-0.2, -0.15) is 0 Å². The highest BCUT2D eigenvalue weighted by Gasteiger charge is 2.09. The van der Waals surface area contributed by atoms with Crippen LogP contribution in [0.2, 0.25) is 5.02 Å². The number of aliphatic hydroxyl groups is 1. The van der Waals surface area contributed by atoms with E-state index in [1.54, 1.807) is 6.92 Å². The molecule has 2 aromatic rings. The van der Waals surface area contributed by atoms with E-state index in [0.29, 0.717) is 5.02 Å². The predicted molar refractivity (Wildman–Crippen MR) is 88.3 cm³/mol. The fraction of sp³-hybridized carbons (Fsp3) is 0.250. The van der Waals surface area contributed by atoms with E-state index >= 15 is 0 Å². The Morgan fingerprint density at radius 2 is 1.85 bits per heavy atom. The molecule has 0 radical (unpaired) electrons. The molecule has 1 atom stereocenters. The first kappa shape index (κ1) is 15.4. The van der Waals surface area contributed by atoms with E-state index in [9.17, 15) is 5.11 Å². The van der Waals surface area contributed by atoms with Crippen molar-refractivity contribution in [2.24, 2.45) is 0 Å². The summed E-state index contributed by atoms with van der Waals surface area (Å²) in [6.07, 6.45) is -0.502. The zero-order valence-corrected chi connectivity index (χ0v) is 13.8. The normalized spacial score (nSPS) is 12.2. The van der Waals surface area contributed by atoms with Crippen molar-refractivity contribution in [2.75, 3.05) is 11.9 Å². The molecule has 4 heteroatoms. The smallest absolute Gasteiger partial charge is 0.0762 e. The Morgan fingerprint density at radius 3 is 2.40 bits per heavy atom. The van der Waals surface area contributed by atoms with E-state index in [0.717, 1.165) is 22.3 Å². The van der Waals surface area contributed by atoms with Crippen LogP contribution in [0.15, 0.2) is 46.9 Å². The van der Waals surface area contributed by atoms with Crippen molar-refractivity contribution in [1.29, 1.82) is 0 Å². The number of nitrogens with zero attached hydrogens (tertiary/aromatic N) is 1. The lowest BCUT2D eigenvalue weighted by molar-refractivity contribution is 0.199. The highest BCUT2D eigenvalue weighted by molar-refractivity contribution is 9.10. The van der Waals surface area contributed by atoms with Gasteiger partial charge in [0.1, 0.15) is 0 Å². The Labute approximate surface area is 133 Å². The van der Waals surface area contributed by atoms with E-state index in [2.05, 4.69) is 33.0 Å². The Morgan fingerprint density at radius 1 is 1.20 bits per heavy atom. The lowest BCUT2D eigenvalue weighted by Crippen LogP contribution is -2.16. The van der Waals surface area contributed by atoms with Crippen LogP contribution in [-0.2, 0) is 6.54 Å². The van der Waals surface area contributed by atoms with Crippen molar-refractivity contribution in [1.82, 2.24) is 0 Å². The molecule has 106 valence electrons. The summed E-state index contributed by atoms with van der Waals surface area (Å²) in [6, 6.07) is 13.9. The van der Waals surface area contributed by atoms with Gasteiger partial charge in [-0.25, -0.2) is 0 Å². The second kappa shape index (κ2) is 6.61. The first-order chi connectivity index (χ1) is 9.47. The third-order valence-corrected chi connectivity index (χ3v) is 4.03. The molecule has 0 unspecified atom stereocenters. The molecule has 0 aliphatic carbocycles. The number of hydrogen-bond donors (Lipinski definition) is 1. The van der Waals surface area contributed by atoms with Crippen LogP contribution in [0.3, 0.4) is 0 Å². The molecule has 20 heavy (non-hydrogen) atoms. The molecule has 0 bridgehead atoms. The fourth-order valence-corrected chi connectivity index (χ4v) is 2.64. The molecule has 0 heterocycles. The van der Waals surface area contributed by atoms with Crippen LogP contribution in [0.25, 0.3) is 0 Å². The lowest BCUT2D eigenvalue weighted by Gasteiger charge is -2.21. The number of anilines is 1. The van der Waals surface area contributed by atoms with Gasteiger partial charge in [-0.05, 0) is 42.3 Å². The van der Waals surface area contributed by atoms with E-state index in [1.807, 2.05) is 37.4 Å². The molecule has 0 aliphatic rings. The monoisotopic (exact) mass is 353 g/mol. The summed E-state index contributed by atoms with van der Waals surface area (Å²) in [5.74, 6) is 0. The summed E-state index contributed by atoms with van der Waals surface area (Å²) >= 11 is 9.73. The highest BCUT2D eigenvalue weighted by Crippen LogP contribution is 2.29. The molecule has 0 amide bonds. The quantitative estimate of drug-likeness (QED) is 0.853. The molecule has 2 rings (SSSR count). The maximum absolute atomic E-state index is 9.56. The van der Waals surface area contributed by atoms with Crippen molar-refractivity contribution in [3.05, 3.63) is 63.1 Å². The standard InChI is InChI=1S/C16H17BrClNO/c1-11(20)13-5-8-16(15(18)9-13)19(2)10-12-3-6-14(17)7-4-12/h3-9,11,20H,10H2,1-2H3/t11-/m0/s1. The van der Waals surface area contributed by atoms with Gasteiger partial charge >= 0.3 is 0 Å². The van der Waals surface area contributed by atoms with Crippen molar-refractivity contribution < 1.29 is 5.11 Å². The van der Waals surface area contributed by atoms with Crippen LogP contribution in [-0.4, -0.2) is 12.2 Å². The predicted octanol–water partition coefficient (Wildman–Crippen LogP) is 4.79. The van der Waals surface area contributed by atoms with Crippen LogP contribution in [0.1, 0.15) is 24.2 Å². The van der Waals surface area contributed by atoms with E-state index < -0.39 is 6.10 Å². The minimum absolute atomic E-state index is 0.502. The van der Waals surface area contributed by atoms with Gasteiger partial charge < -0.3 is 10.0 Å². The van der Waals surface area contributed by atoms with Gasteiger partial charge in [-0.1, -0.05) is 45.7 Å². The second-order valence-electron chi connectivity index (χ2n) is 4.87. The SMILES string of the molecule is C[C@H](O)c1ccc(N(C)Cc2ccc(Br)cc2)c(Cl)c1. The molecule has 1 N–H and O–H groups in total. The first-order valence-electron chi connectivity index (χ1n) is 6.40. The van der Waals surface area contributed by atoms with E-state index in [4.69, 9.17) is 11.6 Å². The topological polar surface area (TPSA) is 23.5 Å². The molecule has 0 saturated carbocycles. The van der Waals surface area contributed by atoms with Gasteiger partial charge in [0.15, 0.2) is 0 Å². The van der Waals surface area contributed by atoms with Gasteiger partial charge in [0.2, 0.25) is 0 Å². The average molecular weight is 355 g/mol. The molecule has 0 saturated heterocycles. The summed E-state index contributed by atoms with van der Waals surface area (Å²) in [6.45, 7) is 2.51. The van der Waals surface area contributed by atoms with Gasteiger partial charge in [-0.3, -0.25) is 0 Å². The third-order valence-electron chi connectivity index (χ3n) is 3.20. The highest BCUT2D eigenvalue weighted by atomic mass is 79.9. The maximum atomic E-state index is 9.56. The summed E-state index contributed by atoms with van der Waals surface area (Å²) in [5.41, 5.74) is 3.00. The van der Waals surface area contributed by atoms with E-state index in [1.165, 1.54) is 5.56 Å². The molecule has 0 aromatic heterocycles. The fourth-order valence-electron chi connectivity index (χ4n) is 2.04. The van der Waals surface area contributed by atoms with Crippen LogP contribution in [0.5, 0.6) is 0 Å². The Kier molecular flexibility index (Phi) is 5.08. The van der Waals surface area contributed by atoms with Gasteiger partial charge in [-0.15, -0.1) is 0 Å². The molecule has 2 aromatic carbocycles. The minimum Gasteiger partial charge on any atom is -0.389 e. The number of aliphatic hydroxyl groups excluding tert-OH is 1. The summed E-state index contributed by atoms with van der Waals surface area (Å²) < 4.78 is 1.07. The van der Waals surface area contributed by atoms with Gasteiger partial charge in [0, 0.05) is 18.1 Å². The molecular formula is C16H17BrClNO. The number of hydrogen-bond acceptors (Lipinski definition) is 2. The minimum atomic E-state index is -0.502. The van der Waals surface area contributed by atoms with Crippen molar-refractivity contribution in [2.45, 2.75) is 19.6 Å². The van der Waals surface area contributed by atoms with Gasteiger partial charge in [0.25, 0.3) is 0 Å². The summed E-state index contributed by atoms with van der Waals surface area (Å²) in [7, 11) is 2.01. The zero-order valence-electron chi connectivity index (χ0n) is 11.5. The molecule has 0 spiro atoms. The second-order valence-corrected chi connectivity index (χ2v) is 6.19. The molecule has 0 aliphatic heterocycles. The largest absolute Gasteiger partial charge is 0.389 e. The summed E-state index contributed by atoms with van der Waals surface area (Å²) in [4.78, 5) is 2.09. The maximum Gasteiger partial charge on any atom is 0.0762 e. The van der Waals surface area contributed by atoms with Crippen molar-refractivity contribution >= 4 is 33.2 Å². The lowest BCUT2D eigenvalue weighted by atomic mass is 10.1. The Hall–Kier alpha value is -1.03. The molecular weight excluding hydrogens is 338 g/mol. The Balaban J connectivity index is 2.16. The molecule has 2 nitrogen and oxygen atoms in total. The van der Waals surface area contributed by atoms with Gasteiger partial charge in [0.05, 0.1) is 16.8 Å². The first-order valence-corrected chi connectivity index (χ1v) is 7.57. The molecule has 0 fully saturated rings. The third kappa shape index (κ3) is 3.75. The van der Waals surface area contributed by atoms with Crippen LogP contribution < -0.4 is 4.90 Å². The summed E-state index contributed by atoms with van der Waals surface area (Å²) in [5, 5.41) is 10.2. The van der Waals surface area contributed by atoms with Crippen molar-refractivity contribution in [3.63, 3.8) is 0 Å². The van der Waals surface area contributed by atoms with Crippen LogP contribution >= 0.6 is 27.5 Å². The number of halogens is 2. The number of rotatable bonds is 4.